The van der Waals surface area contributed by atoms with Gasteiger partial charge in [0, 0.05) is 49.8 Å². The smallest absolute Gasteiger partial charge is 0.315 e. The van der Waals surface area contributed by atoms with Crippen LogP contribution in [0.1, 0.15) is 10.4 Å². The van der Waals surface area contributed by atoms with Crippen LogP contribution in [0.4, 0.5) is 10.5 Å². The molecule has 5 nitrogen and oxygen atoms in total. The average molecular weight is 359 g/mol. The molecule has 2 amide bonds. The molecule has 1 aliphatic rings. The van der Waals surface area contributed by atoms with E-state index >= 15 is 0 Å². The van der Waals surface area contributed by atoms with Crippen LogP contribution in [-0.2, 0) is 13.0 Å². The number of nitrogens with one attached hydrogen (secondary N) is 2. The molecule has 1 fully saturated rings. The molecule has 134 valence electrons. The SMILES string of the molecule is CN1CCN(c2ccccc2CNC(=O)NCCc2cccs2)CC1. The Balaban J connectivity index is 1.48. The second-order valence-electron chi connectivity index (χ2n) is 6.36. The minimum absolute atomic E-state index is 0.107. The third-order valence-corrected chi connectivity index (χ3v) is 5.45. The van der Waals surface area contributed by atoms with Gasteiger partial charge in [-0.2, -0.15) is 0 Å². The minimum Gasteiger partial charge on any atom is -0.369 e. The van der Waals surface area contributed by atoms with Gasteiger partial charge < -0.3 is 20.4 Å². The topological polar surface area (TPSA) is 47.6 Å². The lowest BCUT2D eigenvalue weighted by Gasteiger charge is -2.35. The number of hydrogen-bond donors (Lipinski definition) is 2. The number of carbonyl (C=O) groups excluding carboxylic acids is 1. The summed E-state index contributed by atoms with van der Waals surface area (Å²) in [6.07, 6.45) is 0.878. The van der Waals surface area contributed by atoms with Crippen LogP contribution >= 0.6 is 11.3 Å². The van der Waals surface area contributed by atoms with Gasteiger partial charge in [0.2, 0.25) is 0 Å². The Morgan fingerprint density at radius 1 is 1.08 bits per heavy atom. The van der Waals surface area contributed by atoms with Gasteiger partial charge in [-0.05, 0) is 36.5 Å². The molecule has 0 unspecified atom stereocenters. The molecule has 0 spiro atoms. The van der Waals surface area contributed by atoms with Gasteiger partial charge >= 0.3 is 6.03 Å². The summed E-state index contributed by atoms with van der Waals surface area (Å²) >= 11 is 1.72. The second kappa shape index (κ2) is 8.87. The van der Waals surface area contributed by atoms with Crippen molar-refractivity contribution in [2.75, 3.05) is 44.7 Å². The van der Waals surface area contributed by atoms with Crippen LogP contribution in [-0.4, -0.2) is 50.7 Å². The number of likely N-dealkylation sites (N-methyl/N-ethyl adjacent to an activating group) is 1. The highest BCUT2D eigenvalue weighted by atomic mass is 32.1. The fourth-order valence-electron chi connectivity index (χ4n) is 3.01. The van der Waals surface area contributed by atoms with E-state index in [2.05, 4.69) is 57.1 Å². The first-order valence-electron chi connectivity index (χ1n) is 8.78. The molecule has 0 atom stereocenters. The quantitative estimate of drug-likeness (QED) is 0.834. The van der Waals surface area contributed by atoms with E-state index in [4.69, 9.17) is 0 Å². The molecule has 0 radical (unpaired) electrons. The fourth-order valence-corrected chi connectivity index (χ4v) is 3.72. The number of para-hydroxylation sites is 1. The molecule has 0 aliphatic carbocycles. The molecular weight excluding hydrogens is 332 g/mol. The van der Waals surface area contributed by atoms with Crippen LogP contribution in [0.25, 0.3) is 0 Å². The van der Waals surface area contributed by atoms with Gasteiger partial charge in [0.05, 0.1) is 0 Å². The van der Waals surface area contributed by atoms with E-state index in [-0.39, 0.29) is 6.03 Å². The van der Waals surface area contributed by atoms with E-state index in [9.17, 15) is 4.79 Å². The molecule has 6 heteroatoms. The summed E-state index contributed by atoms with van der Waals surface area (Å²) in [6.45, 7) is 5.41. The number of urea groups is 1. The molecule has 0 bridgehead atoms. The standard InChI is InChI=1S/C19H26N4OS/c1-22-10-12-23(13-11-22)18-7-3-2-5-16(18)15-21-19(24)20-9-8-17-6-4-14-25-17/h2-7,14H,8-13,15H2,1H3,(H2,20,21,24). The lowest BCUT2D eigenvalue weighted by molar-refractivity contribution is 0.240. The molecule has 2 N–H and O–H groups in total. The van der Waals surface area contributed by atoms with Gasteiger partial charge in [-0.3, -0.25) is 0 Å². The van der Waals surface area contributed by atoms with E-state index in [1.807, 2.05) is 12.1 Å². The van der Waals surface area contributed by atoms with E-state index in [1.165, 1.54) is 16.1 Å². The Bertz CT molecular complexity index is 666. The zero-order valence-corrected chi connectivity index (χ0v) is 15.5. The predicted octanol–water partition coefficient (Wildman–Crippen LogP) is 2.54. The van der Waals surface area contributed by atoms with Crippen LogP contribution in [0.2, 0.25) is 0 Å². The first-order chi connectivity index (χ1) is 12.2. The van der Waals surface area contributed by atoms with Gasteiger partial charge in [0.25, 0.3) is 0 Å². The highest BCUT2D eigenvalue weighted by molar-refractivity contribution is 7.09. The van der Waals surface area contributed by atoms with Crippen molar-refractivity contribution < 1.29 is 4.79 Å². The summed E-state index contributed by atoms with van der Waals surface area (Å²) in [5.41, 5.74) is 2.40. The first-order valence-corrected chi connectivity index (χ1v) is 9.66. The molecule has 3 rings (SSSR count). The summed E-state index contributed by atoms with van der Waals surface area (Å²) in [5.74, 6) is 0. The van der Waals surface area contributed by atoms with Crippen molar-refractivity contribution in [3.63, 3.8) is 0 Å². The summed E-state index contributed by atoms with van der Waals surface area (Å²) in [6, 6.07) is 12.4. The highest BCUT2D eigenvalue weighted by Gasteiger charge is 2.16. The number of amides is 2. The van der Waals surface area contributed by atoms with E-state index < -0.39 is 0 Å². The molecule has 2 heterocycles. The molecule has 0 saturated carbocycles. The Kier molecular flexibility index (Phi) is 6.30. The second-order valence-corrected chi connectivity index (χ2v) is 7.39. The normalized spacial score (nSPS) is 15.2. The molecular formula is C19H26N4OS. The maximum absolute atomic E-state index is 12.0. The summed E-state index contributed by atoms with van der Waals surface area (Å²) in [7, 11) is 2.16. The lowest BCUT2D eigenvalue weighted by atomic mass is 10.1. The van der Waals surface area contributed by atoms with Crippen LogP contribution in [0.5, 0.6) is 0 Å². The zero-order valence-electron chi connectivity index (χ0n) is 14.7. The minimum atomic E-state index is -0.107. The zero-order chi connectivity index (χ0) is 17.5. The van der Waals surface area contributed by atoms with Crippen molar-refractivity contribution in [2.45, 2.75) is 13.0 Å². The van der Waals surface area contributed by atoms with Crippen molar-refractivity contribution in [3.05, 3.63) is 52.2 Å². The van der Waals surface area contributed by atoms with Gasteiger partial charge in [-0.1, -0.05) is 24.3 Å². The number of nitrogens with zero attached hydrogens (tertiary/aromatic N) is 2. The molecule has 2 aromatic rings. The molecule has 1 aliphatic heterocycles. The number of rotatable bonds is 6. The maximum atomic E-state index is 12.0. The van der Waals surface area contributed by atoms with E-state index in [0.717, 1.165) is 32.6 Å². The number of hydrogen-bond acceptors (Lipinski definition) is 4. The molecule has 1 aromatic carbocycles. The number of benzene rings is 1. The van der Waals surface area contributed by atoms with E-state index in [1.54, 1.807) is 11.3 Å². The number of anilines is 1. The average Bonchev–Trinajstić information content (AvgIpc) is 3.14. The summed E-state index contributed by atoms with van der Waals surface area (Å²) in [4.78, 5) is 18.1. The van der Waals surface area contributed by atoms with Crippen molar-refractivity contribution in [3.8, 4) is 0 Å². The lowest BCUT2D eigenvalue weighted by Crippen LogP contribution is -2.45. The number of carbonyl (C=O) groups is 1. The van der Waals surface area contributed by atoms with E-state index in [0.29, 0.717) is 13.1 Å². The third-order valence-electron chi connectivity index (χ3n) is 4.51. The fraction of sp³-hybridized carbons (Fsp3) is 0.421. The largest absolute Gasteiger partial charge is 0.369 e. The Morgan fingerprint density at radius 2 is 1.88 bits per heavy atom. The van der Waals surface area contributed by atoms with Crippen molar-refractivity contribution in [1.29, 1.82) is 0 Å². The number of thiophene rings is 1. The molecule has 25 heavy (non-hydrogen) atoms. The maximum Gasteiger partial charge on any atom is 0.315 e. The predicted molar refractivity (Wildman–Crippen MR) is 104 cm³/mol. The van der Waals surface area contributed by atoms with Crippen LogP contribution in [0, 0.1) is 0 Å². The summed E-state index contributed by atoms with van der Waals surface area (Å²) < 4.78 is 0. The van der Waals surface area contributed by atoms with Gasteiger partial charge in [-0.25, -0.2) is 4.79 Å². The van der Waals surface area contributed by atoms with Crippen molar-refractivity contribution in [1.82, 2.24) is 15.5 Å². The Hall–Kier alpha value is -2.05. The summed E-state index contributed by atoms with van der Waals surface area (Å²) in [5, 5.41) is 7.98. The van der Waals surface area contributed by atoms with Crippen molar-refractivity contribution >= 4 is 23.1 Å². The highest BCUT2D eigenvalue weighted by Crippen LogP contribution is 2.21. The van der Waals surface area contributed by atoms with Gasteiger partial charge in [0.15, 0.2) is 0 Å². The van der Waals surface area contributed by atoms with Crippen LogP contribution < -0.4 is 15.5 Å². The molecule has 1 saturated heterocycles. The van der Waals surface area contributed by atoms with Crippen LogP contribution in [0.3, 0.4) is 0 Å². The number of piperazine rings is 1. The molecule has 1 aromatic heterocycles. The monoisotopic (exact) mass is 358 g/mol. The Morgan fingerprint density at radius 3 is 2.64 bits per heavy atom. The third kappa shape index (κ3) is 5.21. The van der Waals surface area contributed by atoms with Gasteiger partial charge in [0.1, 0.15) is 0 Å². The van der Waals surface area contributed by atoms with Crippen LogP contribution in [0.15, 0.2) is 41.8 Å². The first kappa shape index (κ1) is 17.8. The Labute approximate surface area is 153 Å². The van der Waals surface area contributed by atoms with Gasteiger partial charge in [-0.15, -0.1) is 11.3 Å². The van der Waals surface area contributed by atoms with Crippen molar-refractivity contribution in [2.24, 2.45) is 0 Å².